The molecule has 5 heteroatoms. The van der Waals surface area contributed by atoms with Gasteiger partial charge in [-0.1, -0.05) is 42.5 Å². The summed E-state index contributed by atoms with van der Waals surface area (Å²) in [6, 6.07) is 10.0. The van der Waals surface area contributed by atoms with E-state index in [1.165, 1.54) is 0 Å². The zero-order chi connectivity index (χ0) is 21.2. The Labute approximate surface area is 184 Å². The van der Waals surface area contributed by atoms with Gasteiger partial charge in [-0.25, -0.2) is 0 Å². The minimum absolute atomic E-state index is 0.0249. The van der Waals surface area contributed by atoms with Gasteiger partial charge in [0.1, 0.15) is 13.2 Å². The molecule has 4 bridgehead atoms. The van der Waals surface area contributed by atoms with Crippen molar-refractivity contribution in [3.05, 3.63) is 54.6 Å². The number of rotatable bonds is 9. The first-order chi connectivity index (χ1) is 15.2. The molecule has 2 saturated carbocycles. The van der Waals surface area contributed by atoms with Crippen LogP contribution in [-0.4, -0.2) is 38.2 Å². The Hall–Kier alpha value is -2.56. The van der Waals surface area contributed by atoms with Crippen LogP contribution in [0.4, 0.5) is 5.69 Å². The van der Waals surface area contributed by atoms with E-state index in [0.29, 0.717) is 50.0 Å². The van der Waals surface area contributed by atoms with Gasteiger partial charge in [-0.05, 0) is 61.5 Å². The second kappa shape index (κ2) is 8.89. The van der Waals surface area contributed by atoms with Crippen molar-refractivity contribution < 1.29 is 19.1 Å². The molecule has 6 atom stereocenters. The molecule has 2 fully saturated rings. The van der Waals surface area contributed by atoms with E-state index in [2.05, 4.69) is 29.2 Å². The van der Waals surface area contributed by atoms with Crippen molar-refractivity contribution in [3.8, 4) is 0 Å². The van der Waals surface area contributed by atoms with Gasteiger partial charge in [0.05, 0.1) is 24.9 Å². The van der Waals surface area contributed by atoms with Crippen LogP contribution in [-0.2, 0) is 19.1 Å². The van der Waals surface area contributed by atoms with Gasteiger partial charge in [-0.2, -0.15) is 0 Å². The lowest BCUT2D eigenvalue weighted by atomic mass is 9.94. The maximum atomic E-state index is 12.5. The van der Waals surface area contributed by atoms with E-state index >= 15 is 0 Å². The number of para-hydroxylation sites is 1. The quantitative estimate of drug-likeness (QED) is 0.446. The summed E-state index contributed by atoms with van der Waals surface area (Å²) < 4.78 is 11.3. The number of ether oxygens (including phenoxy) is 2. The largest absolute Gasteiger partial charge is 0.464 e. The zero-order valence-electron chi connectivity index (χ0n) is 17.9. The Kier molecular flexibility index (Phi) is 5.84. The van der Waals surface area contributed by atoms with Gasteiger partial charge in [0.15, 0.2) is 0 Å². The van der Waals surface area contributed by atoms with E-state index < -0.39 is 0 Å². The molecule has 4 aliphatic carbocycles. The summed E-state index contributed by atoms with van der Waals surface area (Å²) in [5.74, 6) is 1.76. The smallest absolute Gasteiger partial charge is 0.309 e. The molecule has 0 spiro atoms. The molecular weight excluding hydrogens is 390 g/mol. The van der Waals surface area contributed by atoms with Crippen molar-refractivity contribution >= 4 is 17.6 Å². The van der Waals surface area contributed by atoms with Gasteiger partial charge in [-0.15, -0.1) is 0 Å². The molecule has 0 aromatic heterocycles. The maximum absolute atomic E-state index is 12.5. The second-order valence-corrected chi connectivity index (χ2v) is 9.43. The number of allylic oxidation sites excluding steroid dienone is 4. The molecule has 0 aliphatic heterocycles. The number of hydrogen-bond donors (Lipinski definition) is 0. The van der Waals surface area contributed by atoms with Crippen molar-refractivity contribution in [1.29, 1.82) is 0 Å². The number of benzene rings is 1. The highest BCUT2D eigenvalue weighted by atomic mass is 16.5. The lowest BCUT2D eigenvalue weighted by Gasteiger charge is -2.26. The van der Waals surface area contributed by atoms with Crippen molar-refractivity contribution in [1.82, 2.24) is 0 Å². The van der Waals surface area contributed by atoms with Gasteiger partial charge in [-0.3, -0.25) is 9.59 Å². The molecule has 4 aliphatic rings. The van der Waals surface area contributed by atoms with Crippen molar-refractivity contribution in [2.75, 3.05) is 31.2 Å². The highest BCUT2D eigenvalue weighted by Gasteiger charge is 2.41. The van der Waals surface area contributed by atoms with Crippen molar-refractivity contribution in [2.45, 2.75) is 25.7 Å². The van der Waals surface area contributed by atoms with Crippen molar-refractivity contribution in [2.24, 2.45) is 35.5 Å². The molecule has 0 N–H and O–H groups in total. The van der Waals surface area contributed by atoms with E-state index in [1.54, 1.807) is 0 Å². The molecule has 0 saturated heterocycles. The first-order valence-corrected chi connectivity index (χ1v) is 11.7. The first kappa shape index (κ1) is 20.3. The molecule has 164 valence electrons. The summed E-state index contributed by atoms with van der Waals surface area (Å²) in [7, 11) is 0. The topological polar surface area (TPSA) is 55.8 Å². The average molecular weight is 422 g/mol. The highest BCUT2D eigenvalue weighted by molar-refractivity contribution is 5.74. The molecular formula is C26H31NO4. The summed E-state index contributed by atoms with van der Waals surface area (Å²) in [6.45, 7) is 1.86. The Bertz CT molecular complexity index is 811. The van der Waals surface area contributed by atoms with Crippen LogP contribution in [0, 0.1) is 35.5 Å². The molecule has 1 aromatic carbocycles. The summed E-state index contributed by atoms with van der Waals surface area (Å²) >= 11 is 0. The third-order valence-electron chi connectivity index (χ3n) is 7.50. The van der Waals surface area contributed by atoms with Gasteiger partial charge in [0.2, 0.25) is 0 Å². The summed E-state index contributed by atoms with van der Waals surface area (Å²) in [4.78, 5) is 27.2. The molecule has 1 aromatic rings. The molecule has 5 nitrogen and oxygen atoms in total. The van der Waals surface area contributed by atoms with Crippen LogP contribution in [0.5, 0.6) is 0 Å². The van der Waals surface area contributed by atoms with Crippen LogP contribution in [0.25, 0.3) is 0 Å². The fourth-order valence-electron chi connectivity index (χ4n) is 5.84. The van der Waals surface area contributed by atoms with Crippen LogP contribution < -0.4 is 4.90 Å². The Morgan fingerprint density at radius 2 is 1.26 bits per heavy atom. The van der Waals surface area contributed by atoms with E-state index in [0.717, 1.165) is 31.4 Å². The standard InChI is InChI=1S/C26H31NO4/c28-25(23-16-18-6-8-20(23)14-18)30-12-10-27(22-4-2-1-3-5-22)11-13-31-26(29)24-17-19-7-9-21(24)15-19/h1-9,18-21,23-24H,10-17H2. The minimum Gasteiger partial charge on any atom is -0.464 e. The second-order valence-electron chi connectivity index (χ2n) is 9.43. The number of carbonyl (C=O) groups excluding carboxylic acids is 2. The lowest BCUT2D eigenvalue weighted by Crippen LogP contribution is -2.34. The van der Waals surface area contributed by atoms with E-state index in [1.807, 2.05) is 30.3 Å². The summed E-state index contributed by atoms with van der Waals surface area (Å²) in [5.41, 5.74) is 1.04. The molecule has 5 rings (SSSR count). The van der Waals surface area contributed by atoms with Gasteiger partial charge < -0.3 is 14.4 Å². The number of esters is 2. The summed E-state index contributed by atoms with van der Waals surface area (Å²) in [5, 5.41) is 0. The Morgan fingerprint density at radius 3 is 1.68 bits per heavy atom. The third kappa shape index (κ3) is 4.41. The van der Waals surface area contributed by atoms with Gasteiger partial charge >= 0.3 is 11.9 Å². The molecule has 0 heterocycles. The fourth-order valence-corrected chi connectivity index (χ4v) is 5.84. The third-order valence-corrected chi connectivity index (χ3v) is 7.50. The summed E-state index contributed by atoms with van der Waals surface area (Å²) in [6.07, 6.45) is 12.9. The van der Waals surface area contributed by atoms with Gasteiger partial charge in [0, 0.05) is 5.69 Å². The number of carbonyl (C=O) groups is 2. The number of anilines is 1. The molecule has 0 amide bonds. The number of hydrogen-bond acceptors (Lipinski definition) is 5. The minimum atomic E-state index is -0.0689. The van der Waals surface area contributed by atoms with E-state index in [4.69, 9.17) is 9.47 Å². The van der Waals surface area contributed by atoms with Crippen LogP contribution in [0.2, 0.25) is 0 Å². The van der Waals surface area contributed by atoms with Crippen LogP contribution in [0.3, 0.4) is 0 Å². The molecule has 6 unspecified atom stereocenters. The molecule has 0 radical (unpaired) electrons. The normalized spacial score (nSPS) is 31.9. The highest BCUT2D eigenvalue weighted by Crippen LogP contribution is 2.44. The van der Waals surface area contributed by atoms with Crippen LogP contribution >= 0.6 is 0 Å². The predicted octanol–water partition coefficient (Wildman–Crippen LogP) is 4.00. The maximum Gasteiger partial charge on any atom is 0.309 e. The van der Waals surface area contributed by atoms with Crippen molar-refractivity contribution in [3.63, 3.8) is 0 Å². The average Bonchev–Trinajstić information content (AvgIpc) is 3.60. The Balaban J connectivity index is 1.10. The first-order valence-electron chi connectivity index (χ1n) is 11.7. The Morgan fingerprint density at radius 1 is 0.742 bits per heavy atom. The van der Waals surface area contributed by atoms with E-state index in [-0.39, 0.29) is 23.8 Å². The SMILES string of the molecule is O=C(OCCN(CCOC(=O)C1CC2C=CC1C2)c1ccccc1)C1CC2C=CC1C2. The lowest BCUT2D eigenvalue weighted by molar-refractivity contribution is -0.149. The zero-order valence-corrected chi connectivity index (χ0v) is 17.9. The molecule has 31 heavy (non-hydrogen) atoms. The van der Waals surface area contributed by atoms with Crippen LogP contribution in [0.15, 0.2) is 54.6 Å². The fraction of sp³-hybridized carbons (Fsp3) is 0.538. The monoisotopic (exact) mass is 421 g/mol. The number of nitrogens with zero attached hydrogens (tertiary/aromatic N) is 1. The van der Waals surface area contributed by atoms with Crippen LogP contribution in [0.1, 0.15) is 25.7 Å². The van der Waals surface area contributed by atoms with E-state index in [9.17, 15) is 9.59 Å². The number of fused-ring (bicyclic) bond motifs is 4. The van der Waals surface area contributed by atoms with Gasteiger partial charge in [0.25, 0.3) is 0 Å². The predicted molar refractivity (Wildman–Crippen MR) is 118 cm³/mol.